The Kier molecular flexibility index (Phi) is 4.68. The maximum absolute atomic E-state index is 13.0. The Balaban J connectivity index is 1.20. The van der Waals surface area contributed by atoms with Gasteiger partial charge in [0.15, 0.2) is 12.4 Å². The predicted octanol–water partition coefficient (Wildman–Crippen LogP) is 2.78. The van der Waals surface area contributed by atoms with E-state index in [0.29, 0.717) is 23.3 Å². The van der Waals surface area contributed by atoms with Crippen LogP contribution in [0.2, 0.25) is 0 Å². The summed E-state index contributed by atoms with van der Waals surface area (Å²) in [5, 5.41) is 2.67. The van der Waals surface area contributed by atoms with E-state index in [0.717, 1.165) is 24.2 Å². The first-order valence-electron chi connectivity index (χ1n) is 11.2. The largest absolute Gasteiger partial charge is 0.456 e. The Morgan fingerprint density at radius 2 is 1.61 bits per heavy atom. The second-order valence-electron chi connectivity index (χ2n) is 10.1. The van der Waals surface area contributed by atoms with Crippen molar-refractivity contribution >= 4 is 23.7 Å². The van der Waals surface area contributed by atoms with Crippen LogP contribution in [0.4, 0.5) is 4.79 Å². The average Bonchev–Trinajstić information content (AvgIpc) is 2.95. The monoisotopic (exact) mass is 424 g/mol. The fourth-order valence-corrected chi connectivity index (χ4v) is 6.73. The van der Waals surface area contributed by atoms with Crippen LogP contribution in [0.15, 0.2) is 30.3 Å². The van der Waals surface area contributed by atoms with E-state index in [1.54, 1.807) is 31.2 Å². The predicted molar refractivity (Wildman–Crippen MR) is 111 cm³/mol. The van der Waals surface area contributed by atoms with Crippen molar-refractivity contribution < 1.29 is 23.9 Å². The molecule has 1 atom stereocenters. The number of esters is 1. The number of hydrogen-bond donors (Lipinski definition) is 1. The maximum Gasteiger partial charge on any atom is 0.326 e. The number of carbonyl (C=O) groups is 4. The molecule has 5 fully saturated rings. The molecule has 6 rings (SSSR count). The van der Waals surface area contributed by atoms with E-state index in [4.69, 9.17) is 4.74 Å². The van der Waals surface area contributed by atoms with Crippen LogP contribution in [0.5, 0.6) is 0 Å². The van der Waals surface area contributed by atoms with Crippen LogP contribution >= 0.6 is 0 Å². The Hall–Kier alpha value is -2.70. The Bertz CT molecular complexity index is 907. The van der Waals surface area contributed by atoms with Crippen molar-refractivity contribution in [2.24, 2.45) is 23.2 Å². The average molecular weight is 424 g/mol. The molecule has 1 N–H and O–H groups in total. The van der Waals surface area contributed by atoms with Gasteiger partial charge in [-0.05, 0) is 68.8 Å². The molecule has 4 aliphatic carbocycles. The minimum atomic E-state index is -1.23. The fourth-order valence-electron chi connectivity index (χ4n) is 6.73. The third kappa shape index (κ3) is 3.34. The minimum Gasteiger partial charge on any atom is -0.456 e. The molecule has 0 spiro atoms. The van der Waals surface area contributed by atoms with Gasteiger partial charge in [-0.3, -0.25) is 19.3 Å². The smallest absolute Gasteiger partial charge is 0.326 e. The van der Waals surface area contributed by atoms with Gasteiger partial charge in [-0.1, -0.05) is 30.3 Å². The zero-order chi connectivity index (χ0) is 21.8. The molecule has 5 aliphatic rings. The van der Waals surface area contributed by atoms with Gasteiger partial charge < -0.3 is 10.1 Å². The van der Waals surface area contributed by atoms with Crippen LogP contribution in [-0.4, -0.2) is 41.7 Å². The van der Waals surface area contributed by atoms with Gasteiger partial charge in [-0.15, -0.1) is 0 Å². The normalized spacial score (nSPS) is 35.9. The zero-order valence-electron chi connectivity index (χ0n) is 17.8. The van der Waals surface area contributed by atoms with Gasteiger partial charge >= 0.3 is 12.0 Å². The van der Waals surface area contributed by atoms with Crippen molar-refractivity contribution in [1.82, 2.24) is 10.2 Å². The number of urea groups is 1. The van der Waals surface area contributed by atoms with Gasteiger partial charge in [0.05, 0.1) is 0 Å². The highest BCUT2D eigenvalue weighted by Crippen LogP contribution is 2.60. The van der Waals surface area contributed by atoms with Crippen LogP contribution in [0.1, 0.15) is 51.0 Å². The summed E-state index contributed by atoms with van der Waals surface area (Å²) in [4.78, 5) is 51.6. The van der Waals surface area contributed by atoms with Gasteiger partial charge in [0.1, 0.15) is 12.1 Å². The summed E-state index contributed by atoms with van der Waals surface area (Å²) < 4.78 is 5.26. The van der Waals surface area contributed by atoms with E-state index in [1.807, 2.05) is 6.07 Å². The summed E-state index contributed by atoms with van der Waals surface area (Å²) in [6.45, 7) is 0.844. The van der Waals surface area contributed by atoms with E-state index < -0.39 is 30.0 Å². The van der Waals surface area contributed by atoms with Gasteiger partial charge in [0.25, 0.3) is 5.91 Å². The molecule has 1 heterocycles. The fraction of sp³-hybridized carbons (Fsp3) is 0.583. The lowest BCUT2D eigenvalue weighted by atomic mass is 9.48. The summed E-state index contributed by atoms with van der Waals surface area (Å²) in [5.41, 5.74) is -0.920. The highest BCUT2D eigenvalue weighted by atomic mass is 16.5. The standard InChI is InChI=1S/C24H28N2O5/c1-23(18-5-3-2-4-6-18)21(29)26(22(30)25-23)13-20(28)31-14-19(27)24-10-15-7-16(11-24)9-17(8-15)12-24/h2-6,15-17H,7-14H2,1H3,(H,25,30)/t15?,16?,17?,23-,24?/m0/s1. The van der Waals surface area contributed by atoms with E-state index >= 15 is 0 Å². The lowest BCUT2D eigenvalue weighted by Crippen LogP contribution is -2.51. The zero-order valence-corrected chi connectivity index (χ0v) is 17.8. The summed E-state index contributed by atoms with van der Waals surface area (Å²) >= 11 is 0. The van der Waals surface area contributed by atoms with E-state index in [9.17, 15) is 19.2 Å². The lowest BCUT2D eigenvalue weighted by molar-refractivity contribution is -0.158. The second-order valence-corrected chi connectivity index (χ2v) is 10.1. The van der Waals surface area contributed by atoms with Crippen molar-refractivity contribution in [3.8, 4) is 0 Å². The number of Topliss-reactive ketones (excluding diaryl/α,β-unsaturated/α-hetero) is 1. The third-order valence-corrected chi connectivity index (χ3v) is 7.91. The summed E-state index contributed by atoms with van der Waals surface area (Å²) in [5.74, 6) is 0.658. The van der Waals surface area contributed by atoms with Crippen molar-refractivity contribution in [1.29, 1.82) is 0 Å². The molecule has 7 nitrogen and oxygen atoms in total. The SMILES string of the molecule is C[C@@]1(c2ccccc2)NC(=O)N(CC(=O)OCC(=O)C23CC4CC(CC(C4)C2)C3)C1=O. The first-order chi connectivity index (χ1) is 14.8. The third-order valence-electron chi connectivity index (χ3n) is 7.91. The molecule has 4 bridgehead atoms. The number of amides is 3. The molecule has 0 radical (unpaired) electrons. The first kappa shape index (κ1) is 20.2. The quantitative estimate of drug-likeness (QED) is 0.560. The number of nitrogens with zero attached hydrogens (tertiary/aromatic N) is 1. The van der Waals surface area contributed by atoms with Crippen LogP contribution in [0.3, 0.4) is 0 Å². The molecule has 1 aliphatic heterocycles. The Morgan fingerprint density at radius 3 is 2.19 bits per heavy atom. The van der Waals surface area contributed by atoms with Crippen LogP contribution in [-0.2, 0) is 24.7 Å². The van der Waals surface area contributed by atoms with Crippen molar-refractivity contribution in [3.63, 3.8) is 0 Å². The Labute approximate surface area is 181 Å². The number of benzene rings is 1. The molecule has 7 heteroatoms. The minimum absolute atomic E-state index is 0.00581. The van der Waals surface area contributed by atoms with Gasteiger partial charge in [0.2, 0.25) is 0 Å². The Morgan fingerprint density at radius 1 is 1.03 bits per heavy atom. The molecular formula is C24H28N2O5. The molecule has 31 heavy (non-hydrogen) atoms. The molecule has 1 aromatic rings. The number of nitrogens with one attached hydrogen (secondary N) is 1. The van der Waals surface area contributed by atoms with Crippen molar-refractivity contribution in [2.75, 3.05) is 13.2 Å². The highest BCUT2D eigenvalue weighted by molar-refractivity contribution is 6.08. The topological polar surface area (TPSA) is 92.8 Å². The lowest BCUT2D eigenvalue weighted by Gasteiger charge is -2.55. The number of ketones is 1. The van der Waals surface area contributed by atoms with Gasteiger partial charge in [-0.25, -0.2) is 4.79 Å². The van der Waals surface area contributed by atoms with Gasteiger partial charge in [0, 0.05) is 5.41 Å². The summed E-state index contributed by atoms with van der Waals surface area (Å²) in [6.07, 6.45) is 6.45. The van der Waals surface area contributed by atoms with Crippen molar-refractivity contribution in [2.45, 2.75) is 51.0 Å². The summed E-state index contributed by atoms with van der Waals surface area (Å²) in [6, 6.07) is 8.26. The first-order valence-corrected chi connectivity index (χ1v) is 11.2. The molecular weight excluding hydrogens is 396 g/mol. The van der Waals surface area contributed by atoms with Gasteiger partial charge in [-0.2, -0.15) is 0 Å². The van der Waals surface area contributed by atoms with E-state index in [1.165, 1.54) is 19.3 Å². The van der Waals surface area contributed by atoms with Crippen LogP contribution in [0.25, 0.3) is 0 Å². The van der Waals surface area contributed by atoms with Crippen LogP contribution in [0, 0.1) is 23.2 Å². The van der Waals surface area contributed by atoms with Crippen LogP contribution < -0.4 is 5.32 Å². The number of carbonyl (C=O) groups excluding carboxylic acids is 4. The molecule has 164 valence electrons. The highest BCUT2D eigenvalue weighted by Gasteiger charge is 2.54. The van der Waals surface area contributed by atoms with Crippen molar-refractivity contribution in [3.05, 3.63) is 35.9 Å². The second kappa shape index (κ2) is 7.18. The molecule has 0 aromatic heterocycles. The molecule has 4 saturated carbocycles. The molecule has 1 aromatic carbocycles. The summed E-state index contributed by atoms with van der Waals surface area (Å²) in [7, 11) is 0. The van der Waals surface area contributed by atoms with E-state index in [2.05, 4.69) is 5.32 Å². The molecule has 1 saturated heterocycles. The molecule has 3 amide bonds. The number of hydrogen-bond acceptors (Lipinski definition) is 5. The number of rotatable bonds is 6. The number of ether oxygens (including phenoxy) is 1. The molecule has 0 unspecified atom stereocenters. The maximum atomic E-state index is 13.0. The number of imide groups is 1. The van der Waals surface area contributed by atoms with E-state index in [-0.39, 0.29) is 17.8 Å².